The average molecular weight is 254 g/mol. The Hall–Kier alpha value is -0.340. The van der Waals surface area contributed by atoms with Crippen molar-refractivity contribution in [3.05, 3.63) is 33.3 Å². The highest BCUT2D eigenvalue weighted by molar-refractivity contribution is 9.10. The lowest BCUT2D eigenvalue weighted by Crippen LogP contribution is -2.25. The van der Waals surface area contributed by atoms with E-state index in [1.165, 1.54) is 34.0 Å². The molecule has 0 aliphatic heterocycles. The number of benzene rings is 1. The van der Waals surface area contributed by atoms with Gasteiger partial charge in [0.05, 0.1) is 0 Å². The quantitative estimate of drug-likeness (QED) is 0.862. The van der Waals surface area contributed by atoms with Crippen LogP contribution >= 0.6 is 15.9 Å². The fourth-order valence-electron chi connectivity index (χ4n) is 1.79. The Morgan fingerprint density at radius 2 is 2.00 bits per heavy atom. The Kier molecular flexibility index (Phi) is 2.44. The van der Waals surface area contributed by atoms with Crippen molar-refractivity contribution >= 4 is 15.9 Å². The molecular formula is C12H16BrN. The van der Waals surface area contributed by atoms with Crippen LogP contribution in [0.25, 0.3) is 0 Å². The van der Waals surface area contributed by atoms with Crippen LogP contribution in [0, 0.1) is 13.8 Å². The van der Waals surface area contributed by atoms with Gasteiger partial charge in [0, 0.05) is 10.0 Å². The molecule has 1 aromatic carbocycles. The summed E-state index contributed by atoms with van der Waals surface area (Å²) in [5.41, 5.74) is 10.3. The molecule has 0 amide bonds. The van der Waals surface area contributed by atoms with E-state index in [9.17, 15) is 0 Å². The van der Waals surface area contributed by atoms with Crippen LogP contribution in [0.3, 0.4) is 0 Å². The van der Waals surface area contributed by atoms with Crippen LogP contribution in [0.15, 0.2) is 16.6 Å². The molecule has 1 aliphatic rings. The molecule has 2 heteroatoms. The van der Waals surface area contributed by atoms with Gasteiger partial charge in [-0.2, -0.15) is 0 Å². The predicted octanol–water partition coefficient (Wildman–Crippen LogP) is 3.10. The van der Waals surface area contributed by atoms with Gasteiger partial charge in [-0.3, -0.25) is 0 Å². The van der Waals surface area contributed by atoms with Gasteiger partial charge in [-0.05, 0) is 55.9 Å². The molecule has 0 heterocycles. The first-order valence-corrected chi connectivity index (χ1v) is 5.84. The number of hydrogen-bond donors (Lipinski definition) is 1. The highest BCUT2D eigenvalue weighted by atomic mass is 79.9. The van der Waals surface area contributed by atoms with E-state index in [-0.39, 0.29) is 5.54 Å². The van der Waals surface area contributed by atoms with Crippen LogP contribution in [-0.4, -0.2) is 5.54 Å². The zero-order valence-electron chi connectivity index (χ0n) is 8.73. The van der Waals surface area contributed by atoms with Crippen molar-refractivity contribution in [3.63, 3.8) is 0 Å². The molecule has 0 spiro atoms. The predicted molar refractivity (Wildman–Crippen MR) is 63.5 cm³/mol. The first-order chi connectivity index (χ1) is 6.50. The van der Waals surface area contributed by atoms with E-state index in [2.05, 4.69) is 41.9 Å². The van der Waals surface area contributed by atoms with Crippen molar-refractivity contribution in [2.45, 2.75) is 38.6 Å². The van der Waals surface area contributed by atoms with Crippen molar-refractivity contribution in [1.29, 1.82) is 0 Å². The van der Waals surface area contributed by atoms with Crippen LogP contribution in [0.4, 0.5) is 0 Å². The first-order valence-electron chi connectivity index (χ1n) is 5.05. The molecule has 0 aromatic heterocycles. The summed E-state index contributed by atoms with van der Waals surface area (Å²) >= 11 is 3.58. The van der Waals surface area contributed by atoms with E-state index in [0.717, 1.165) is 6.42 Å². The zero-order chi connectivity index (χ0) is 10.3. The van der Waals surface area contributed by atoms with Gasteiger partial charge in [-0.25, -0.2) is 0 Å². The first kappa shape index (κ1) is 10.2. The minimum absolute atomic E-state index is 0.109. The van der Waals surface area contributed by atoms with E-state index in [1.54, 1.807) is 0 Å². The fraction of sp³-hybridized carbons (Fsp3) is 0.500. The maximum absolute atomic E-state index is 6.13. The van der Waals surface area contributed by atoms with E-state index in [1.807, 2.05) is 0 Å². The average Bonchev–Trinajstić information content (AvgIpc) is 2.79. The summed E-state index contributed by atoms with van der Waals surface area (Å²) in [5, 5.41) is 0. The van der Waals surface area contributed by atoms with E-state index in [4.69, 9.17) is 5.73 Å². The molecule has 1 aromatic rings. The van der Waals surface area contributed by atoms with Crippen LogP contribution in [0.2, 0.25) is 0 Å². The smallest absolute Gasteiger partial charge is 0.0209 e. The van der Waals surface area contributed by atoms with E-state index < -0.39 is 0 Å². The SMILES string of the molecule is Cc1cc(Br)c(C)c(CC2(N)CC2)c1. The molecule has 0 bridgehead atoms. The minimum atomic E-state index is 0.109. The Morgan fingerprint density at radius 1 is 1.36 bits per heavy atom. The molecule has 1 saturated carbocycles. The third-order valence-corrected chi connectivity index (χ3v) is 3.85. The number of nitrogens with two attached hydrogens (primary N) is 1. The van der Waals surface area contributed by atoms with Crippen LogP contribution in [0.5, 0.6) is 0 Å². The number of aryl methyl sites for hydroxylation is 1. The molecule has 1 nitrogen and oxygen atoms in total. The van der Waals surface area contributed by atoms with Crippen molar-refractivity contribution < 1.29 is 0 Å². The zero-order valence-corrected chi connectivity index (χ0v) is 10.3. The molecule has 0 atom stereocenters. The monoisotopic (exact) mass is 253 g/mol. The van der Waals surface area contributed by atoms with Gasteiger partial charge >= 0.3 is 0 Å². The van der Waals surface area contributed by atoms with Crippen molar-refractivity contribution in [3.8, 4) is 0 Å². The second kappa shape index (κ2) is 3.35. The maximum atomic E-state index is 6.13. The third-order valence-electron chi connectivity index (χ3n) is 3.03. The number of hydrogen-bond acceptors (Lipinski definition) is 1. The minimum Gasteiger partial charge on any atom is -0.325 e. The molecule has 76 valence electrons. The van der Waals surface area contributed by atoms with Crippen LogP contribution in [-0.2, 0) is 6.42 Å². The van der Waals surface area contributed by atoms with Gasteiger partial charge in [0.15, 0.2) is 0 Å². The summed E-state index contributed by atoms with van der Waals surface area (Å²) in [4.78, 5) is 0. The van der Waals surface area contributed by atoms with E-state index >= 15 is 0 Å². The van der Waals surface area contributed by atoms with Crippen molar-refractivity contribution in [2.75, 3.05) is 0 Å². The molecule has 2 rings (SSSR count). The molecule has 1 fully saturated rings. The second-order valence-corrected chi connectivity index (χ2v) is 5.42. The highest BCUT2D eigenvalue weighted by Crippen LogP contribution is 2.37. The summed E-state index contributed by atoms with van der Waals surface area (Å²) in [5.74, 6) is 0. The summed E-state index contributed by atoms with van der Waals surface area (Å²) in [6.45, 7) is 4.29. The Labute approximate surface area is 93.8 Å². The lowest BCUT2D eigenvalue weighted by atomic mass is 9.98. The molecular weight excluding hydrogens is 238 g/mol. The molecule has 0 radical (unpaired) electrons. The van der Waals surface area contributed by atoms with Gasteiger partial charge in [-0.1, -0.05) is 22.0 Å². The molecule has 14 heavy (non-hydrogen) atoms. The van der Waals surface area contributed by atoms with Gasteiger partial charge in [0.1, 0.15) is 0 Å². The second-order valence-electron chi connectivity index (χ2n) is 4.57. The van der Waals surface area contributed by atoms with E-state index in [0.29, 0.717) is 0 Å². The third kappa shape index (κ3) is 2.01. The number of rotatable bonds is 2. The van der Waals surface area contributed by atoms with Crippen molar-refractivity contribution in [1.82, 2.24) is 0 Å². The summed E-state index contributed by atoms with van der Waals surface area (Å²) < 4.78 is 1.21. The Morgan fingerprint density at radius 3 is 2.57 bits per heavy atom. The Balaban J connectivity index is 2.32. The summed E-state index contributed by atoms with van der Waals surface area (Å²) in [6, 6.07) is 4.42. The normalized spacial score (nSPS) is 18.3. The molecule has 1 aliphatic carbocycles. The molecule has 0 unspecified atom stereocenters. The lowest BCUT2D eigenvalue weighted by molar-refractivity contribution is 0.669. The summed E-state index contributed by atoms with van der Waals surface area (Å²) in [6.07, 6.45) is 3.38. The Bertz CT molecular complexity index is 367. The topological polar surface area (TPSA) is 26.0 Å². The largest absolute Gasteiger partial charge is 0.325 e. The van der Waals surface area contributed by atoms with Gasteiger partial charge in [-0.15, -0.1) is 0 Å². The standard InChI is InChI=1S/C12H16BrN/c1-8-5-10(7-12(14)3-4-12)9(2)11(13)6-8/h5-6H,3-4,7,14H2,1-2H3. The lowest BCUT2D eigenvalue weighted by Gasteiger charge is -2.13. The summed E-state index contributed by atoms with van der Waals surface area (Å²) in [7, 11) is 0. The van der Waals surface area contributed by atoms with Crippen LogP contribution < -0.4 is 5.73 Å². The van der Waals surface area contributed by atoms with Gasteiger partial charge in [0.2, 0.25) is 0 Å². The highest BCUT2D eigenvalue weighted by Gasteiger charge is 2.38. The maximum Gasteiger partial charge on any atom is 0.0209 e. The molecule has 2 N–H and O–H groups in total. The fourth-order valence-corrected chi connectivity index (χ4v) is 2.40. The van der Waals surface area contributed by atoms with Crippen molar-refractivity contribution in [2.24, 2.45) is 5.73 Å². The molecule has 0 saturated heterocycles. The number of halogens is 1. The van der Waals surface area contributed by atoms with Gasteiger partial charge < -0.3 is 5.73 Å². The van der Waals surface area contributed by atoms with Gasteiger partial charge in [0.25, 0.3) is 0 Å². The van der Waals surface area contributed by atoms with Crippen LogP contribution in [0.1, 0.15) is 29.5 Å².